The van der Waals surface area contributed by atoms with Crippen LogP contribution in [-0.2, 0) is 4.74 Å². The molecule has 4 nitrogen and oxygen atoms in total. The van der Waals surface area contributed by atoms with Crippen LogP contribution >= 0.6 is 0 Å². The summed E-state index contributed by atoms with van der Waals surface area (Å²) in [6.07, 6.45) is 3.49. The van der Waals surface area contributed by atoms with Crippen molar-refractivity contribution < 1.29 is 14.3 Å². The van der Waals surface area contributed by atoms with Crippen LogP contribution in [0.2, 0.25) is 0 Å². The van der Waals surface area contributed by atoms with Gasteiger partial charge in [0.05, 0.1) is 19.3 Å². The van der Waals surface area contributed by atoms with Crippen LogP contribution in [0, 0.1) is 5.92 Å². The third-order valence-electron chi connectivity index (χ3n) is 2.93. The molecular weight excluding hydrogens is 218 g/mol. The number of ether oxygens (including phenoxy) is 2. The number of methoxy groups -OCH3 is 1. The van der Waals surface area contributed by atoms with E-state index in [-0.39, 0.29) is 5.97 Å². The fraction of sp³-hybridized carbons (Fsp3) is 0.462. The summed E-state index contributed by atoms with van der Waals surface area (Å²) < 4.78 is 10.2. The molecule has 1 aromatic carbocycles. The van der Waals surface area contributed by atoms with Crippen LogP contribution in [0.3, 0.4) is 0 Å². The minimum absolute atomic E-state index is 0.356. The highest BCUT2D eigenvalue weighted by Gasteiger charge is 2.21. The van der Waals surface area contributed by atoms with Gasteiger partial charge in [0.15, 0.2) is 0 Å². The van der Waals surface area contributed by atoms with E-state index in [0.717, 1.165) is 12.3 Å². The summed E-state index contributed by atoms with van der Waals surface area (Å²) in [7, 11) is 1.56. The second kappa shape index (κ2) is 5.08. The van der Waals surface area contributed by atoms with Crippen LogP contribution in [0.15, 0.2) is 18.2 Å². The van der Waals surface area contributed by atoms with E-state index >= 15 is 0 Å². The predicted molar refractivity (Wildman–Crippen MR) is 65.0 cm³/mol. The van der Waals surface area contributed by atoms with Gasteiger partial charge in [0.2, 0.25) is 0 Å². The molecule has 2 N–H and O–H groups in total. The first kappa shape index (κ1) is 11.8. The lowest BCUT2D eigenvalue weighted by molar-refractivity contribution is 0.0496. The Bertz CT molecular complexity index is 413. The molecule has 4 heteroatoms. The van der Waals surface area contributed by atoms with Crippen molar-refractivity contribution in [3.8, 4) is 5.75 Å². The number of carbonyl (C=O) groups is 1. The average molecular weight is 235 g/mol. The highest BCUT2D eigenvalue weighted by Crippen LogP contribution is 2.32. The molecule has 0 radical (unpaired) electrons. The SMILES string of the molecule is COc1ccc(C(=O)OCCC2CC2)c(N)c1. The first-order chi connectivity index (χ1) is 8.20. The first-order valence-electron chi connectivity index (χ1n) is 5.81. The van der Waals surface area contributed by atoms with Crippen molar-refractivity contribution in [2.45, 2.75) is 19.3 Å². The quantitative estimate of drug-likeness (QED) is 0.628. The van der Waals surface area contributed by atoms with Gasteiger partial charge in [-0.3, -0.25) is 0 Å². The molecular formula is C13H17NO3. The summed E-state index contributed by atoms with van der Waals surface area (Å²) in [5.74, 6) is 1.04. The largest absolute Gasteiger partial charge is 0.497 e. The van der Waals surface area contributed by atoms with Gasteiger partial charge < -0.3 is 15.2 Å². The molecule has 1 fully saturated rings. The number of anilines is 1. The van der Waals surface area contributed by atoms with Crippen LogP contribution in [-0.4, -0.2) is 19.7 Å². The number of hydrogen-bond donors (Lipinski definition) is 1. The smallest absolute Gasteiger partial charge is 0.340 e. The van der Waals surface area contributed by atoms with E-state index in [1.807, 2.05) is 0 Å². The zero-order valence-corrected chi connectivity index (χ0v) is 9.94. The molecule has 1 aliphatic rings. The summed E-state index contributed by atoms with van der Waals surface area (Å²) in [6.45, 7) is 0.481. The highest BCUT2D eigenvalue weighted by molar-refractivity contribution is 5.95. The Morgan fingerprint density at radius 1 is 1.47 bits per heavy atom. The summed E-state index contributed by atoms with van der Waals surface area (Å²) in [4.78, 5) is 11.7. The van der Waals surface area contributed by atoms with E-state index in [1.54, 1.807) is 25.3 Å². The second-order valence-electron chi connectivity index (χ2n) is 4.32. The zero-order chi connectivity index (χ0) is 12.3. The van der Waals surface area contributed by atoms with Gasteiger partial charge in [-0.25, -0.2) is 4.79 Å². The monoisotopic (exact) mass is 235 g/mol. The van der Waals surface area contributed by atoms with Gasteiger partial charge >= 0.3 is 5.97 Å². The zero-order valence-electron chi connectivity index (χ0n) is 9.94. The Balaban J connectivity index is 1.92. The molecule has 2 rings (SSSR count). The highest BCUT2D eigenvalue weighted by atomic mass is 16.5. The Hall–Kier alpha value is -1.71. The van der Waals surface area contributed by atoms with E-state index in [4.69, 9.17) is 15.2 Å². The van der Waals surface area contributed by atoms with E-state index in [2.05, 4.69) is 0 Å². The predicted octanol–water partition coefficient (Wildman–Crippen LogP) is 2.23. The van der Waals surface area contributed by atoms with Crippen LogP contribution in [0.4, 0.5) is 5.69 Å². The summed E-state index contributed by atoms with van der Waals surface area (Å²) in [6, 6.07) is 4.96. The maximum atomic E-state index is 11.7. The Kier molecular flexibility index (Phi) is 3.52. The minimum atomic E-state index is -0.356. The van der Waals surface area contributed by atoms with Crippen molar-refractivity contribution >= 4 is 11.7 Å². The number of benzene rings is 1. The topological polar surface area (TPSA) is 61.5 Å². The lowest BCUT2D eigenvalue weighted by Crippen LogP contribution is -2.09. The van der Waals surface area contributed by atoms with Gasteiger partial charge in [0.25, 0.3) is 0 Å². The van der Waals surface area contributed by atoms with Gasteiger partial charge in [0.1, 0.15) is 5.75 Å². The van der Waals surface area contributed by atoms with Crippen molar-refractivity contribution in [3.63, 3.8) is 0 Å². The van der Waals surface area contributed by atoms with Gasteiger partial charge in [-0.05, 0) is 24.5 Å². The molecule has 0 aromatic heterocycles. The van der Waals surface area contributed by atoms with Crippen LogP contribution < -0.4 is 10.5 Å². The number of hydrogen-bond acceptors (Lipinski definition) is 4. The third kappa shape index (κ3) is 3.12. The maximum Gasteiger partial charge on any atom is 0.340 e. The van der Waals surface area contributed by atoms with Crippen LogP contribution in [0.5, 0.6) is 5.75 Å². The fourth-order valence-corrected chi connectivity index (χ4v) is 1.66. The molecule has 0 amide bonds. The van der Waals surface area contributed by atoms with Gasteiger partial charge in [0, 0.05) is 11.8 Å². The summed E-state index contributed by atoms with van der Waals surface area (Å²) >= 11 is 0. The van der Waals surface area contributed by atoms with Crippen molar-refractivity contribution in [3.05, 3.63) is 23.8 Å². The van der Waals surface area contributed by atoms with Crippen molar-refractivity contribution in [2.75, 3.05) is 19.5 Å². The Labute approximate surface area is 101 Å². The van der Waals surface area contributed by atoms with Gasteiger partial charge in [-0.15, -0.1) is 0 Å². The molecule has 0 unspecified atom stereocenters. The normalized spacial score (nSPS) is 14.4. The third-order valence-corrected chi connectivity index (χ3v) is 2.93. The lowest BCUT2D eigenvalue weighted by atomic mass is 10.2. The van der Waals surface area contributed by atoms with Gasteiger partial charge in [-0.2, -0.15) is 0 Å². The second-order valence-corrected chi connectivity index (χ2v) is 4.32. The minimum Gasteiger partial charge on any atom is -0.497 e. The van der Waals surface area contributed by atoms with Crippen molar-refractivity contribution in [2.24, 2.45) is 5.92 Å². The number of nitrogens with two attached hydrogens (primary N) is 1. The van der Waals surface area contributed by atoms with E-state index in [0.29, 0.717) is 23.6 Å². The number of nitrogen functional groups attached to an aromatic ring is 1. The molecule has 17 heavy (non-hydrogen) atoms. The van der Waals surface area contributed by atoms with Crippen LogP contribution in [0.1, 0.15) is 29.6 Å². The average Bonchev–Trinajstić information content (AvgIpc) is 3.12. The fourth-order valence-electron chi connectivity index (χ4n) is 1.66. The standard InChI is InChI=1S/C13H17NO3/c1-16-10-4-5-11(12(14)8-10)13(15)17-7-6-9-2-3-9/h4-5,8-9H,2-3,6-7,14H2,1H3. The molecule has 0 bridgehead atoms. The molecule has 0 saturated heterocycles. The molecule has 1 saturated carbocycles. The van der Waals surface area contributed by atoms with Crippen molar-refractivity contribution in [1.82, 2.24) is 0 Å². The Morgan fingerprint density at radius 2 is 2.24 bits per heavy atom. The summed E-state index contributed by atoms with van der Waals surface area (Å²) in [5.41, 5.74) is 6.55. The number of carbonyl (C=O) groups excluding carboxylic acids is 1. The van der Waals surface area contributed by atoms with E-state index < -0.39 is 0 Å². The van der Waals surface area contributed by atoms with Gasteiger partial charge in [-0.1, -0.05) is 12.8 Å². The number of esters is 1. The molecule has 0 heterocycles. The lowest BCUT2D eigenvalue weighted by Gasteiger charge is -2.08. The molecule has 1 aromatic rings. The Morgan fingerprint density at radius 3 is 2.82 bits per heavy atom. The first-order valence-corrected chi connectivity index (χ1v) is 5.81. The summed E-state index contributed by atoms with van der Waals surface area (Å²) in [5, 5.41) is 0. The molecule has 92 valence electrons. The molecule has 0 spiro atoms. The number of rotatable bonds is 5. The molecule has 0 atom stereocenters. The molecule has 0 aliphatic heterocycles. The maximum absolute atomic E-state index is 11.7. The van der Waals surface area contributed by atoms with E-state index in [9.17, 15) is 4.79 Å². The van der Waals surface area contributed by atoms with Crippen molar-refractivity contribution in [1.29, 1.82) is 0 Å². The molecule has 1 aliphatic carbocycles. The van der Waals surface area contributed by atoms with Crippen LogP contribution in [0.25, 0.3) is 0 Å². The van der Waals surface area contributed by atoms with E-state index in [1.165, 1.54) is 12.8 Å².